The Morgan fingerprint density at radius 1 is 1.32 bits per heavy atom. The molecule has 1 saturated heterocycles. The van der Waals surface area contributed by atoms with Gasteiger partial charge in [0.25, 0.3) is 5.91 Å². The molecule has 0 aliphatic carbocycles. The van der Waals surface area contributed by atoms with Crippen molar-refractivity contribution in [2.75, 3.05) is 27.2 Å². The Balaban J connectivity index is 1.70. The molecular weight excluding hydrogens is 316 g/mol. The van der Waals surface area contributed by atoms with Gasteiger partial charge in [-0.15, -0.1) is 0 Å². The Kier molecular flexibility index (Phi) is 4.99. The van der Waals surface area contributed by atoms with E-state index in [-0.39, 0.29) is 5.91 Å². The molecule has 25 heavy (non-hydrogen) atoms. The van der Waals surface area contributed by atoms with Crippen LogP contribution in [-0.2, 0) is 6.54 Å². The highest BCUT2D eigenvalue weighted by Gasteiger charge is 2.36. The van der Waals surface area contributed by atoms with E-state index in [0.29, 0.717) is 24.3 Å². The molecule has 6 heteroatoms. The van der Waals surface area contributed by atoms with Gasteiger partial charge in [0.05, 0.1) is 12.2 Å². The maximum absolute atomic E-state index is 12.8. The van der Waals surface area contributed by atoms with Crippen LogP contribution in [0.1, 0.15) is 41.0 Å². The Bertz CT molecular complexity index is 746. The average molecular weight is 344 g/mol. The molecular formula is C19H28N4O2. The fourth-order valence-electron chi connectivity index (χ4n) is 3.72. The molecule has 0 radical (unpaired) electrons. The number of aryl methyl sites for hydroxylation is 2. The first-order valence-electron chi connectivity index (χ1n) is 8.94. The fraction of sp³-hybridized carbons (Fsp3) is 0.579. The van der Waals surface area contributed by atoms with Crippen LogP contribution in [-0.4, -0.2) is 58.7 Å². The van der Waals surface area contributed by atoms with Crippen molar-refractivity contribution in [3.63, 3.8) is 0 Å². The number of carbonyl (C=O) groups excluding carboxylic acids is 1. The lowest BCUT2D eigenvalue weighted by atomic mass is 10.0. The molecule has 3 heterocycles. The van der Waals surface area contributed by atoms with Crippen LogP contribution in [0.5, 0.6) is 0 Å². The number of hydrogen-bond donors (Lipinski definition) is 0. The Morgan fingerprint density at radius 3 is 2.64 bits per heavy atom. The van der Waals surface area contributed by atoms with Crippen molar-refractivity contribution in [2.24, 2.45) is 5.92 Å². The Labute approximate surface area is 149 Å². The molecule has 1 amide bonds. The number of likely N-dealkylation sites (tertiary alicyclic amines) is 1. The van der Waals surface area contributed by atoms with Crippen molar-refractivity contribution in [1.82, 2.24) is 19.6 Å². The van der Waals surface area contributed by atoms with E-state index in [1.807, 2.05) is 35.6 Å². The van der Waals surface area contributed by atoms with E-state index in [9.17, 15) is 4.79 Å². The van der Waals surface area contributed by atoms with E-state index in [4.69, 9.17) is 4.42 Å². The highest BCUT2D eigenvalue weighted by atomic mass is 16.4. The molecule has 136 valence electrons. The van der Waals surface area contributed by atoms with Crippen molar-refractivity contribution in [1.29, 1.82) is 0 Å². The molecule has 2 atom stereocenters. The molecule has 2 aromatic rings. The summed E-state index contributed by atoms with van der Waals surface area (Å²) in [4.78, 5) is 16.9. The van der Waals surface area contributed by atoms with Gasteiger partial charge in [-0.05, 0) is 52.1 Å². The highest BCUT2D eigenvalue weighted by Crippen LogP contribution is 2.25. The minimum atomic E-state index is -0.0117. The summed E-state index contributed by atoms with van der Waals surface area (Å²) in [5.41, 5.74) is 2.07. The van der Waals surface area contributed by atoms with Gasteiger partial charge in [-0.3, -0.25) is 9.48 Å². The van der Waals surface area contributed by atoms with Crippen LogP contribution in [0.25, 0.3) is 0 Å². The van der Waals surface area contributed by atoms with Gasteiger partial charge in [-0.25, -0.2) is 0 Å². The molecule has 0 N–H and O–H groups in total. The summed E-state index contributed by atoms with van der Waals surface area (Å²) in [5, 5.41) is 4.44. The van der Waals surface area contributed by atoms with Gasteiger partial charge in [-0.1, -0.05) is 13.3 Å². The summed E-state index contributed by atoms with van der Waals surface area (Å²) in [6, 6.07) is 6.11. The van der Waals surface area contributed by atoms with E-state index in [1.54, 1.807) is 6.07 Å². The zero-order valence-corrected chi connectivity index (χ0v) is 15.8. The van der Waals surface area contributed by atoms with Crippen LogP contribution in [0, 0.1) is 19.8 Å². The zero-order valence-electron chi connectivity index (χ0n) is 15.8. The predicted molar refractivity (Wildman–Crippen MR) is 96.7 cm³/mol. The van der Waals surface area contributed by atoms with Gasteiger partial charge in [0.15, 0.2) is 5.76 Å². The lowest BCUT2D eigenvalue weighted by Gasteiger charge is -2.23. The largest absolute Gasteiger partial charge is 0.454 e. The van der Waals surface area contributed by atoms with Crippen molar-refractivity contribution >= 4 is 5.91 Å². The molecule has 0 saturated carbocycles. The van der Waals surface area contributed by atoms with Gasteiger partial charge in [0.1, 0.15) is 5.76 Å². The van der Waals surface area contributed by atoms with Gasteiger partial charge in [-0.2, -0.15) is 5.10 Å². The summed E-state index contributed by atoms with van der Waals surface area (Å²) in [6.07, 6.45) is 1.08. The van der Waals surface area contributed by atoms with Crippen LogP contribution in [0.3, 0.4) is 0 Å². The number of rotatable bonds is 5. The summed E-state index contributed by atoms with van der Waals surface area (Å²) in [7, 11) is 4.17. The minimum Gasteiger partial charge on any atom is -0.454 e. The van der Waals surface area contributed by atoms with Crippen molar-refractivity contribution < 1.29 is 9.21 Å². The average Bonchev–Trinajstić information content (AvgIpc) is 3.26. The van der Waals surface area contributed by atoms with E-state index in [1.165, 1.54) is 0 Å². The van der Waals surface area contributed by atoms with Crippen molar-refractivity contribution in [3.8, 4) is 0 Å². The number of amides is 1. The second-order valence-corrected chi connectivity index (χ2v) is 7.26. The standard InChI is InChI=1S/C19H28N4O2/c1-6-15-10-22(12-17(15)21(4)5)19(24)18-8-7-16(25-18)11-23-14(3)9-13(2)20-23/h7-9,15,17H,6,10-12H2,1-5H3. The molecule has 6 nitrogen and oxygen atoms in total. The number of hydrogen-bond acceptors (Lipinski definition) is 4. The third-order valence-electron chi connectivity index (χ3n) is 5.16. The van der Waals surface area contributed by atoms with Crippen LogP contribution >= 0.6 is 0 Å². The quantitative estimate of drug-likeness (QED) is 0.836. The smallest absolute Gasteiger partial charge is 0.289 e. The molecule has 0 aromatic carbocycles. The SMILES string of the molecule is CCC1CN(C(=O)c2ccc(Cn3nc(C)cc3C)o2)CC1N(C)C. The fourth-order valence-corrected chi connectivity index (χ4v) is 3.72. The molecule has 0 bridgehead atoms. The van der Waals surface area contributed by atoms with Crippen LogP contribution in [0.2, 0.25) is 0 Å². The summed E-state index contributed by atoms with van der Waals surface area (Å²) < 4.78 is 7.72. The number of nitrogens with zero attached hydrogens (tertiary/aromatic N) is 4. The van der Waals surface area contributed by atoms with Gasteiger partial charge in [0, 0.05) is 24.8 Å². The molecule has 1 aliphatic heterocycles. The van der Waals surface area contributed by atoms with Gasteiger partial charge in [0.2, 0.25) is 0 Å². The maximum Gasteiger partial charge on any atom is 0.289 e. The van der Waals surface area contributed by atoms with E-state index < -0.39 is 0 Å². The number of carbonyl (C=O) groups is 1. The maximum atomic E-state index is 12.8. The molecule has 2 aromatic heterocycles. The van der Waals surface area contributed by atoms with Crippen LogP contribution < -0.4 is 0 Å². The molecule has 0 spiro atoms. The molecule has 1 aliphatic rings. The van der Waals surface area contributed by atoms with Crippen LogP contribution in [0.15, 0.2) is 22.6 Å². The van der Waals surface area contributed by atoms with E-state index >= 15 is 0 Å². The summed E-state index contributed by atoms with van der Waals surface area (Å²) >= 11 is 0. The Morgan fingerprint density at radius 2 is 2.08 bits per heavy atom. The third kappa shape index (κ3) is 3.63. The highest BCUT2D eigenvalue weighted by molar-refractivity contribution is 5.91. The monoisotopic (exact) mass is 344 g/mol. The summed E-state index contributed by atoms with van der Waals surface area (Å²) in [6.45, 7) is 8.29. The third-order valence-corrected chi connectivity index (χ3v) is 5.16. The first kappa shape index (κ1) is 17.7. The normalized spacial score (nSPS) is 20.6. The van der Waals surface area contributed by atoms with Crippen molar-refractivity contribution in [3.05, 3.63) is 41.1 Å². The second-order valence-electron chi connectivity index (χ2n) is 7.26. The first-order chi connectivity index (χ1) is 11.9. The Hall–Kier alpha value is -2.08. The topological polar surface area (TPSA) is 54.5 Å². The lowest BCUT2D eigenvalue weighted by molar-refractivity contribution is 0.0747. The van der Waals surface area contributed by atoms with Crippen molar-refractivity contribution in [2.45, 2.75) is 39.8 Å². The zero-order chi connectivity index (χ0) is 18.1. The first-order valence-corrected chi connectivity index (χ1v) is 8.94. The minimum absolute atomic E-state index is 0.0117. The molecule has 2 unspecified atom stereocenters. The van der Waals surface area contributed by atoms with Gasteiger partial charge < -0.3 is 14.2 Å². The number of aromatic nitrogens is 2. The molecule has 1 fully saturated rings. The second kappa shape index (κ2) is 7.04. The van der Waals surface area contributed by atoms with Crippen LogP contribution in [0.4, 0.5) is 0 Å². The number of furan rings is 1. The van der Waals surface area contributed by atoms with E-state index in [2.05, 4.69) is 31.0 Å². The van der Waals surface area contributed by atoms with E-state index in [0.717, 1.165) is 36.7 Å². The molecule has 3 rings (SSSR count). The lowest BCUT2D eigenvalue weighted by Crippen LogP contribution is -2.36. The predicted octanol–water partition coefficient (Wildman–Crippen LogP) is 2.55. The number of likely N-dealkylation sites (N-methyl/N-ethyl adjacent to an activating group) is 1. The van der Waals surface area contributed by atoms with Gasteiger partial charge >= 0.3 is 0 Å². The summed E-state index contributed by atoms with van der Waals surface area (Å²) in [5.74, 6) is 1.68.